The third-order valence-electron chi connectivity index (χ3n) is 10.2. The van der Waals surface area contributed by atoms with Gasteiger partial charge in [0, 0.05) is 43.7 Å². The van der Waals surface area contributed by atoms with E-state index < -0.39 is 0 Å². The summed E-state index contributed by atoms with van der Waals surface area (Å²) in [7, 11) is 0. The Hall–Kier alpha value is -6.91. The van der Waals surface area contributed by atoms with Crippen molar-refractivity contribution in [3.63, 3.8) is 0 Å². The molecule has 0 saturated heterocycles. The van der Waals surface area contributed by atoms with Gasteiger partial charge in [-0.05, 0) is 71.8 Å². The lowest BCUT2D eigenvalue weighted by molar-refractivity contribution is 0.670. The molecule has 7 aromatic carbocycles. The van der Waals surface area contributed by atoms with Gasteiger partial charge in [0.25, 0.3) is 0 Å². The van der Waals surface area contributed by atoms with Crippen LogP contribution in [-0.4, -0.2) is 9.55 Å². The molecule has 11 rings (SSSR count). The number of hydrogen-bond donors (Lipinski definition) is 0. The van der Waals surface area contributed by atoms with Crippen molar-refractivity contribution in [1.29, 1.82) is 0 Å². The minimum absolute atomic E-state index is 0.846. The van der Waals surface area contributed by atoms with E-state index >= 15 is 0 Å². The molecule has 0 saturated carbocycles. The summed E-state index contributed by atoms with van der Waals surface area (Å²) in [5.41, 5.74) is 12.8. The van der Waals surface area contributed by atoms with Gasteiger partial charge in [-0.15, -0.1) is 0 Å². The van der Waals surface area contributed by atoms with Gasteiger partial charge in [0.05, 0.1) is 27.8 Å². The first-order valence-electron chi connectivity index (χ1n) is 17.2. The predicted octanol–water partition coefficient (Wildman–Crippen LogP) is 13.0. The first-order valence-corrected chi connectivity index (χ1v) is 17.2. The molecule has 0 spiro atoms. The van der Waals surface area contributed by atoms with Crippen LogP contribution >= 0.6 is 0 Å². The van der Waals surface area contributed by atoms with E-state index in [4.69, 9.17) is 13.8 Å². The first kappa shape index (κ1) is 28.0. The number of aromatic nitrogens is 2. The molecule has 0 unspecified atom stereocenters. The van der Waals surface area contributed by atoms with E-state index in [0.717, 1.165) is 99.6 Å². The molecule has 0 atom stereocenters. The van der Waals surface area contributed by atoms with Gasteiger partial charge >= 0.3 is 0 Å². The van der Waals surface area contributed by atoms with Crippen molar-refractivity contribution in [3.05, 3.63) is 170 Å². The van der Waals surface area contributed by atoms with E-state index in [2.05, 4.69) is 144 Å². The van der Waals surface area contributed by atoms with Crippen LogP contribution in [0.25, 0.3) is 105 Å². The summed E-state index contributed by atoms with van der Waals surface area (Å²) in [5.74, 6) is 0. The van der Waals surface area contributed by atoms with Crippen LogP contribution in [0, 0.1) is 0 Å². The summed E-state index contributed by atoms with van der Waals surface area (Å²) in [6, 6.07) is 59.4. The molecule has 4 nitrogen and oxygen atoms in total. The number of rotatable bonds is 4. The van der Waals surface area contributed by atoms with Crippen molar-refractivity contribution < 1.29 is 8.83 Å². The summed E-state index contributed by atoms with van der Waals surface area (Å²) in [6.07, 6.45) is 0. The van der Waals surface area contributed by atoms with Crippen molar-refractivity contribution in [3.8, 4) is 39.3 Å². The van der Waals surface area contributed by atoms with Crippen LogP contribution < -0.4 is 0 Å². The van der Waals surface area contributed by atoms with Crippen LogP contribution in [-0.2, 0) is 0 Å². The van der Waals surface area contributed by atoms with Gasteiger partial charge in [0.15, 0.2) is 0 Å². The number of fused-ring (bicyclic) bond motifs is 10. The fraction of sp³-hybridized carbons (Fsp3) is 0. The number of hydrogen-bond acceptors (Lipinski definition) is 3. The average molecular weight is 653 g/mol. The highest BCUT2D eigenvalue weighted by atomic mass is 16.3. The topological polar surface area (TPSA) is 44.1 Å². The van der Waals surface area contributed by atoms with Crippen molar-refractivity contribution in [2.24, 2.45) is 0 Å². The van der Waals surface area contributed by atoms with E-state index in [-0.39, 0.29) is 0 Å². The molecule has 0 aliphatic heterocycles. The number of pyridine rings is 1. The number of furan rings is 2. The van der Waals surface area contributed by atoms with Gasteiger partial charge in [0.2, 0.25) is 0 Å². The molecule has 0 radical (unpaired) electrons. The first-order chi connectivity index (χ1) is 25.3. The fourth-order valence-corrected chi connectivity index (χ4v) is 7.88. The molecule has 4 heteroatoms. The van der Waals surface area contributed by atoms with Crippen LogP contribution in [0.3, 0.4) is 0 Å². The van der Waals surface area contributed by atoms with Gasteiger partial charge in [-0.25, -0.2) is 4.98 Å². The summed E-state index contributed by atoms with van der Waals surface area (Å²) in [5, 5.41) is 6.75. The monoisotopic (exact) mass is 652 g/mol. The second kappa shape index (κ2) is 10.8. The zero-order valence-electron chi connectivity index (χ0n) is 27.4. The van der Waals surface area contributed by atoms with Crippen molar-refractivity contribution in [1.82, 2.24) is 9.55 Å². The Morgan fingerprint density at radius 2 is 1.02 bits per heavy atom. The molecule has 0 fully saturated rings. The van der Waals surface area contributed by atoms with Crippen LogP contribution in [0.2, 0.25) is 0 Å². The van der Waals surface area contributed by atoms with Gasteiger partial charge in [-0.3, -0.25) is 0 Å². The van der Waals surface area contributed by atoms with Crippen LogP contribution in [0.1, 0.15) is 0 Å². The minimum Gasteiger partial charge on any atom is -0.455 e. The third-order valence-corrected chi connectivity index (χ3v) is 10.2. The Morgan fingerprint density at radius 1 is 0.392 bits per heavy atom. The average Bonchev–Trinajstić information content (AvgIpc) is 3.88. The Kier molecular flexibility index (Phi) is 5.92. The Labute approximate surface area is 292 Å². The highest BCUT2D eigenvalue weighted by Crippen LogP contribution is 2.42. The molecule has 11 aromatic rings. The normalized spacial score (nSPS) is 11.9. The minimum atomic E-state index is 0.846. The van der Waals surface area contributed by atoms with E-state index in [0.29, 0.717) is 0 Å². The molecular weight excluding hydrogens is 625 g/mol. The molecular formula is C47H28N2O2. The number of para-hydroxylation sites is 4. The lowest BCUT2D eigenvalue weighted by atomic mass is 9.98. The molecule has 51 heavy (non-hydrogen) atoms. The van der Waals surface area contributed by atoms with Crippen LogP contribution in [0.15, 0.2) is 179 Å². The van der Waals surface area contributed by atoms with Crippen molar-refractivity contribution >= 4 is 65.7 Å². The Morgan fingerprint density at radius 3 is 1.84 bits per heavy atom. The summed E-state index contributed by atoms with van der Waals surface area (Å²) in [4.78, 5) is 5.25. The van der Waals surface area contributed by atoms with E-state index in [9.17, 15) is 0 Å². The standard InChI is InChI=1S/C47H28N2O2/c1-2-12-29(13-3-1)39-27-31(28-40(48-39)37-20-11-19-35-33-16-5-8-22-43(33)50-46(35)37)30-14-10-15-32(26-30)49-41-21-7-4-18-38(41)45-42(49)25-24-36-34-17-6-9-23-44(34)51-47(36)45/h1-28H. The highest BCUT2D eigenvalue weighted by molar-refractivity contribution is 6.23. The molecule has 0 aliphatic carbocycles. The molecule has 238 valence electrons. The number of benzene rings is 7. The molecule has 4 aromatic heterocycles. The Balaban J connectivity index is 1.14. The molecule has 0 aliphatic rings. The van der Waals surface area contributed by atoms with Crippen molar-refractivity contribution in [2.45, 2.75) is 0 Å². The molecule has 4 heterocycles. The maximum Gasteiger partial charge on any atom is 0.145 e. The highest BCUT2D eigenvalue weighted by Gasteiger charge is 2.20. The molecule has 0 N–H and O–H groups in total. The van der Waals surface area contributed by atoms with Gasteiger partial charge < -0.3 is 13.4 Å². The lowest BCUT2D eigenvalue weighted by Crippen LogP contribution is -1.95. The largest absolute Gasteiger partial charge is 0.455 e. The van der Waals surface area contributed by atoms with Gasteiger partial charge in [-0.2, -0.15) is 0 Å². The quantitative estimate of drug-likeness (QED) is 0.190. The maximum absolute atomic E-state index is 6.55. The number of nitrogens with zero attached hydrogens (tertiary/aromatic N) is 2. The second-order valence-corrected chi connectivity index (χ2v) is 13.1. The summed E-state index contributed by atoms with van der Waals surface area (Å²) < 4.78 is 15.4. The summed E-state index contributed by atoms with van der Waals surface area (Å²) in [6.45, 7) is 0. The smallest absolute Gasteiger partial charge is 0.145 e. The predicted molar refractivity (Wildman–Crippen MR) is 209 cm³/mol. The zero-order valence-corrected chi connectivity index (χ0v) is 27.4. The van der Waals surface area contributed by atoms with Crippen LogP contribution in [0.4, 0.5) is 0 Å². The van der Waals surface area contributed by atoms with Crippen molar-refractivity contribution in [2.75, 3.05) is 0 Å². The maximum atomic E-state index is 6.55. The Bertz CT molecular complexity index is 3140. The third kappa shape index (κ3) is 4.23. The summed E-state index contributed by atoms with van der Waals surface area (Å²) >= 11 is 0. The van der Waals surface area contributed by atoms with Crippen LogP contribution in [0.5, 0.6) is 0 Å². The van der Waals surface area contributed by atoms with E-state index in [1.165, 1.54) is 5.39 Å². The zero-order chi connectivity index (χ0) is 33.5. The van der Waals surface area contributed by atoms with Gasteiger partial charge in [0.1, 0.15) is 22.3 Å². The van der Waals surface area contributed by atoms with E-state index in [1.54, 1.807) is 0 Å². The second-order valence-electron chi connectivity index (χ2n) is 13.1. The fourth-order valence-electron chi connectivity index (χ4n) is 7.88. The molecule has 0 amide bonds. The van der Waals surface area contributed by atoms with Gasteiger partial charge in [-0.1, -0.05) is 109 Å². The SMILES string of the molecule is c1ccc(-c2cc(-c3cccc(-n4c5ccccc5c5c6oc7ccccc7c6ccc54)c3)cc(-c3cccc4c3oc3ccccc34)n2)cc1. The lowest BCUT2D eigenvalue weighted by Gasteiger charge is -2.13. The molecule has 0 bridgehead atoms. The van der Waals surface area contributed by atoms with E-state index in [1.807, 2.05) is 30.3 Å².